The third-order valence-corrected chi connectivity index (χ3v) is 6.38. The fraction of sp³-hybridized carbons (Fsp3) is 0.304. The summed E-state index contributed by atoms with van der Waals surface area (Å²) >= 11 is 1.80. The Hall–Kier alpha value is -2.90. The van der Waals surface area contributed by atoms with Gasteiger partial charge in [-0.3, -0.25) is 14.5 Å². The number of anilines is 1. The summed E-state index contributed by atoms with van der Waals surface area (Å²) in [6.07, 6.45) is 3.50. The lowest BCUT2D eigenvalue weighted by Gasteiger charge is -2.34. The van der Waals surface area contributed by atoms with Gasteiger partial charge in [0.2, 0.25) is 5.91 Å². The largest absolute Gasteiger partial charge is 0.467 e. The van der Waals surface area contributed by atoms with Gasteiger partial charge in [-0.25, -0.2) is 0 Å². The number of nitrogens with zero attached hydrogens (tertiary/aromatic N) is 1. The first-order valence-electron chi connectivity index (χ1n) is 10.2. The number of carbonyl (C=O) groups is 2. The van der Waals surface area contributed by atoms with Crippen LogP contribution in [0.3, 0.4) is 0 Å². The van der Waals surface area contributed by atoms with Crippen LogP contribution in [0.25, 0.3) is 0 Å². The molecule has 1 aromatic carbocycles. The van der Waals surface area contributed by atoms with E-state index >= 15 is 0 Å². The summed E-state index contributed by atoms with van der Waals surface area (Å²) in [5.74, 6) is 0.307. The predicted octanol–water partition coefficient (Wildman–Crippen LogP) is 4.22. The normalized spacial score (nSPS) is 16.1. The van der Waals surface area contributed by atoms with Crippen LogP contribution in [0, 0.1) is 0 Å². The maximum atomic E-state index is 12.8. The molecule has 6 nitrogen and oxygen atoms in total. The highest BCUT2D eigenvalue weighted by molar-refractivity contribution is 7.10. The molecule has 156 valence electrons. The smallest absolute Gasteiger partial charge is 0.253 e. The second-order valence-electron chi connectivity index (χ2n) is 7.30. The van der Waals surface area contributed by atoms with Crippen molar-refractivity contribution in [3.8, 4) is 0 Å². The SMILES string of the molecule is CCC1c2ccsc2CCN1CC(=O)Nc1ccccc1C(=O)NCc1ccco1. The van der Waals surface area contributed by atoms with Gasteiger partial charge in [-0.1, -0.05) is 19.1 Å². The summed E-state index contributed by atoms with van der Waals surface area (Å²) in [5.41, 5.74) is 2.29. The van der Waals surface area contributed by atoms with E-state index < -0.39 is 0 Å². The summed E-state index contributed by atoms with van der Waals surface area (Å²) in [7, 11) is 0. The summed E-state index contributed by atoms with van der Waals surface area (Å²) < 4.78 is 5.25. The number of rotatable bonds is 7. The molecule has 1 aliphatic heterocycles. The fourth-order valence-corrected chi connectivity index (χ4v) is 4.88. The maximum Gasteiger partial charge on any atom is 0.253 e. The van der Waals surface area contributed by atoms with E-state index in [9.17, 15) is 9.59 Å². The maximum absolute atomic E-state index is 12.8. The zero-order valence-corrected chi connectivity index (χ0v) is 17.7. The number of amides is 2. The van der Waals surface area contributed by atoms with Crippen LogP contribution in [0.1, 0.15) is 45.9 Å². The lowest BCUT2D eigenvalue weighted by Crippen LogP contribution is -2.40. The molecule has 0 aliphatic carbocycles. The molecule has 0 spiro atoms. The number of hydrogen-bond acceptors (Lipinski definition) is 5. The molecular weight excluding hydrogens is 398 g/mol. The lowest BCUT2D eigenvalue weighted by atomic mass is 9.98. The van der Waals surface area contributed by atoms with E-state index in [4.69, 9.17) is 4.42 Å². The molecule has 1 atom stereocenters. The van der Waals surface area contributed by atoms with Gasteiger partial charge in [0.05, 0.1) is 30.6 Å². The van der Waals surface area contributed by atoms with Crippen molar-refractivity contribution in [1.29, 1.82) is 0 Å². The highest BCUT2D eigenvalue weighted by Gasteiger charge is 2.28. The first kappa shape index (κ1) is 20.4. The van der Waals surface area contributed by atoms with Crippen molar-refractivity contribution in [3.05, 3.63) is 75.9 Å². The molecule has 2 amide bonds. The van der Waals surface area contributed by atoms with Crippen LogP contribution in [-0.2, 0) is 17.8 Å². The van der Waals surface area contributed by atoms with Crippen LogP contribution in [0.2, 0.25) is 0 Å². The Balaban J connectivity index is 1.40. The molecule has 4 rings (SSSR count). The van der Waals surface area contributed by atoms with Crippen molar-refractivity contribution in [2.75, 3.05) is 18.4 Å². The van der Waals surface area contributed by atoms with Gasteiger partial charge < -0.3 is 15.1 Å². The molecule has 3 heterocycles. The molecule has 0 saturated carbocycles. The Bertz CT molecular complexity index is 1010. The Labute approximate surface area is 179 Å². The molecule has 1 aliphatic rings. The molecule has 0 radical (unpaired) electrons. The topological polar surface area (TPSA) is 74.6 Å². The second-order valence-corrected chi connectivity index (χ2v) is 8.30. The van der Waals surface area contributed by atoms with Gasteiger partial charge in [0, 0.05) is 17.5 Å². The third-order valence-electron chi connectivity index (χ3n) is 5.39. The van der Waals surface area contributed by atoms with Crippen LogP contribution in [0.5, 0.6) is 0 Å². The van der Waals surface area contributed by atoms with Crippen LogP contribution in [-0.4, -0.2) is 29.8 Å². The van der Waals surface area contributed by atoms with E-state index in [1.54, 1.807) is 47.9 Å². The van der Waals surface area contributed by atoms with E-state index in [0.717, 1.165) is 19.4 Å². The molecule has 30 heavy (non-hydrogen) atoms. The van der Waals surface area contributed by atoms with E-state index in [1.807, 2.05) is 6.07 Å². The minimum Gasteiger partial charge on any atom is -0.467 e. The average Bonchev–Trinajstić information content (AvgIpc) is 3.44. The quantitative estimate of drug-likeness (QED) is 0.597. The molecule has 0 saturated heterocycles. The Morgan fingerprint density at radius 1 is 1.20 bits per heavy atom. The van der Waals surface area contributed by atoms with Crippen molar-refractivity contribution >= 4 is 28.8 Å². The number of benzene rings is 1. The number of carbonyl (C=O) groups excluding carboxylic acids is 2. The molecule has 7 heteroatoms. The highest BCUT2D eigenvalue weighted by Crippen LogP contribution is 2.34. The number of hydrogen-bond donors (Lipinski definition) is 2. The van der Waals surface area contributed by atoms with Crippen LogP contribution < -0.4 is 10.6 Å². The van der Waals surface area contributed by atoms with Gasteiger partial charge in [0.25, 0.3) is 5.91 Å². The first-order valence-corrected chi connectivity index (χ1v) is 11.0. The van der Waals surface area contributed by atoms with Crippen LogP contribution >= 0.6 is 11.3 Å². The Morgan fingerprint density at radius 3 is 2.87 bits per heavy atom. The van der Waals surface area contributed by atoms with Gasteiger partial charge in [-0.2, -0.15) is 0 Å². The standard InChI is InChI=1S/C23H25N3O3S/c1-2-20-18-10-13-30-21(18)9-11-26(20)15-22(27)25-19-8-4-3-7-17(19)23(28)24-14-16-6-5-12-29-16/h3-8,10,12-13,20H,2,9,11,14-15H2,1H3,(H,24,28)(H,25,27). The second kappa shape index (κ2) is 9.28. The van der Waals surface area contributed by atoms with Gasteiger partial charge >= 0.3 is 0 Å². The Morgan fingerprint density at radius 2 is 2.07 bits per heavy atom. The first-order chi connectivity index (χ1) is 14.7. The zero-order valence-electron chi connectivity index (χ0n) is 16.9. The monoisotopic (exact) mass is 423 g/mol. The van der Waals surface area contributed by atoms with Gasteiger partial charge in [-0.15, -0.1) is 11.3 Å². The number of para-hydroxylation sites is 1. The predicted molar refractivity (Wildman–Crippen MR) is 118 cm³/mol. The molecule has 0 fully saturated rings. The van der Waals surface area contributed by atoms with Crippen LogP contribution in [0.15, 0.2) is 58.5 Å². The van der Waals surface area contributed by atoms with Crippen molar-refractivity contribution in [2.24, 2.45) is 0 Å². The van der Waals surface area contributed by atoms with E-state index in [0.29, 0.717) is 30.1 Å². The average molecular weight is 424 g/mol. The fourth-order valence-electron chi connectivity index (χ4n) is 3.96. The summed E-state index contributed by atoms with van der Waals surface area (Å²) in [6, 6.07) is 13.1. The summed E-state index contributed by atoms with van der Waals surface area (Å²) in [6.45, 7) is 3.62. The number of furan rings is 1. The highest BCUT2D eigenvalue weighted by atomic mass is 32.1. The molecule has 2 N–H and O–H groups in total. The van der Waals surface area contributed by atoms with E-state index in [-0.39, 0.29) is 17.9 Å². The summed E-state index contributed by atoms with van der Waals surface area (Å²) in [5, 5.41) is 7.89. The lowest BCUT2D eigenvalue weighted by molar-refractivity contribution is -0.118. The number of fused-ring (bicyclic) bond motifs is 1. The van der Waals surface area contributed by atoms with Crippen molar-refractivity contribution in [2.45, 2.75) is 32.4 Å². The minimum atomic E-state index is -0.255. The number of thiophene rings is 1. The van der Waals surface area contributed by atoms with Crippen molar-refractivity contribution < 1.29 is 14.0 Å². The van der Waals surface area contributed by atoms with Gasteiger partial charge in [0.1, 0.15) is 5.76 Å². The molecule has 1 unspecified atom stereocenters. The van der Waals surface area contributed by atoms with Crippen molar-refractivity contribution in [3.63, 3.8) is 0 Å². The third kappa shape index (κ3) is 4.47. The summed E-state index contributed by atoms with van der Waals surface area (Å²) in [4.78, 5) is 29.1. The zero-order chi connectivity index (χ0) is 20.9. The van der Waals surface area contributed by atoms with E-state index in [2.05, 4.69) is 33.9 Å². The van der Waals surface area contributed by atoms with Crippen molar-refractivity contribution in [1.82, 2.24) is 10.2 Å². The van der Waals surface area contributed by atoms with Gasteiger partial charge in [-0.05, 0) is 54.1 Å². The molecule has 2 aromatic heterocycles. The van der Waals surface area contributed by atoms with Gasteiger partial charge in [0.15, 0.2) is 0 Å². The molecular formula is C23H25N3O3S. The number of nitrogens with one attached hydrogen (secondary N) is 2. The minimum absolute atomic E-state index is 0.113. The Kier molecular flexibility index (Phi) is 6.30. The molecule has 0 bridgehead atoms. The molecule has 3 aromatic rings. The van der Waals surface area contributed by atoms with Crippen LogP contribution in [0.4, 0.5) is 5.69 Å². The van der Waals surface area contributed by atoms with E-state index in [1.165, 1.54) is 10.4 Å².